The van der Waals surface area contributed by atoms with E-state index in [1.54, 1.807) is 6.92 Å². The molecule has 14 heavy (non-hydrogen) atoms. The van der Waals surface area contributed by atoms with Crippen LogP contribution < -0.4 is 5.73 Å². The molecule has 0 amide bonds. The van der Waals surface area contributed by atoms with Crippen molar-refractivity contribution in [3.8, 4) is 0 Å². The van der Waals surface area contributed by atoms with Crippen molar-refractivity contribution in [1.82, 2.24) is 0 Å². The summed E-state index contributed by atoms with van der Waals surface area (Å²) >= 11 is 0. The zero-order valence-corrected chi connectivity index (χ0v) is 9.06. The Labute approximate surface area is 89.6 Å². The van der Waals surface area contributed by atoms with Crippen LogP contribution in [0.2, 0.25) is 0 Å². The van der Waals surface area contributed by atoms with Gasteiger partial charge in [-0.3, -0.25) is 4.79 Å². The maximum Gasteiger partial charge on any atom is 0.309 e. The molecule has 0 saturated heterocycles. The van der Waals surface area contributed by atoms with E-state index in [9.17, 15) is 9.18 Å². The average molecular weight is 226 g/mol. The Bertz CT molecular complexity index is 192. The average Bonchev–Trinajstić information content (AvgIpc) is 2.10. The van der Waals surface area contributed by atoms with Gasteiger partial charge in [-0.15, -0.1) is 12.4 Å². The molecule has 1 rings (SSSR count). The first kappa shape index (κ1) is 13.7. The van der Waals surface area contributed by atoms with Crippen LogP contribution in [0, 0.1) is 5.92 Å². The third kappa shape index (κ3) is 3.42. The Kier molecular flexibility index (Phi) is 6.04. The van der Waals surface area contributed by atoms with Gasteiger partial charge in [0.25, 0.3) is 0 Å². The van der Waals surface area contributed by atoms with E-state index < -0.39 is 12.2 Å². The Morgan fingerprint density at radius 1 is 1.57 bits per heavy atom. The molecule has 0 aromatic rings. The van der Waals surface area contributed by atoms with Crippen LogP contribution in [0.5, 0.6) is 0 Å². The number of hydrogen-bond donors (Lipinski definition) is 1. The summed E-state index contributed by atoms with van der Waals surface area (Å²) in [7, 11) is 0. The number of hydrogen-bond acceptors (Lipinski definition) is 3. The molecule has 84 valence electrons. The summed E-state index contributed by atoms with van der Waals surface area (Å²) in [6, 6.07) is -0.398. The molecule has 1 fully saturated rings. The molecule has 0 aromatic heterocycles. The molecule has 0 unspecified atom stereocenters. The van der Waals surface area contributed by atoms with E-state index in [4.69, 9.17) is 10.5 Å². The third-order valence-electron chi connectivity index (χ3n) is 2.44. The SMILES string of the molecule is CCOC(=O)[C@H]1CC[C@H](N)[C@H](F)C1.Cl. The van der Waals surface area contributed by atoms with Gasteiger partial charge in [0.05, 0.1) is 12.5 Å². The highest BCUT2D eigenvalue weighted by atomic mass is 35.5. The quantitative estimate of drug-likeness (QED) is 0.724. The van der Waals surface area contributed by atoms with Crippen molar-refractivity contribution in [2.45, 2.75) is 38.4 Å². The minimum Gasteiger partial charge on any atom is -0.466 e. The number of esters is 1. The number of carbonyl (C=O) groups is 1. The Morgan fingerprint density at radius 3 is 2.71 bits per heavy atom. The fraction of sp³-hybridized carbons (Fsp3) is 0.889. The number of nitrogens with two attached hydrogens (primary N) is 1. The van der Waals surface area contributed by atoms with Crippen LogP contribution in [-0.2, 0) is 9.53 Å². The van der Waals surface area contributed by atoms with Gasteiger partial charge in [0.15, 0.2) is 0 Å². The highest BCUT2D eigenvalue weighted by Gasteiger charge is 2.32. The van der Waals surface area contributed by atoms with E-state index in [1.807, 2.05) is 0 Å². The Morgan fingerprint density at radius 2 is 2.21 bits per heavy atom. The number of carbonyl (C=O) groups excluding carboxylic acids is 1. The Balaban J connectivity index is 0.00000169. The van der Waals surface area contributed by atoms with Crippen molar-refractivity contribution in [2.75, 3.05) is 6.61 Å². The molecule has 1 aliphatic rings. The zero-order valence-electron chi connectivity index (χ0n) is 8.24. The lowest BCUT2D eigenvalue weighted by molar-refractivity contribution is -0.150. The molecule has 1 saturated carbocycles. The van der Waals surface area contributed by atoms with Crippen molar-refractivity contribution < 1.29 is 13.9 Å². The van der Waals surface area contributed by atoms with Gasteiger partial charge in [0, 0.05) is 6.04 Å². The predicted octanol–water partition coefficient (Wildman–Crippen LogP) is 1.44. The molecule has 1 aliphatic carbocycles. The first-order chi connectivity index (χ1) is 6.15. The van der Waals surface area contributed by atoms with Gasteiger partial charge >= 0.3 is 5.97 Å². The smallest absolute Gasteiger partial charge is 0.309 e. The number of halogens is 2. The minimum absolute atomic E-state index is 0. The van der Waals surface area contributed by atoms with Crippen LogP contribution in [0.25, 0.3) is 0 Å². The van der Waals surface area contributed by atoms with E-state index in [-0.39, 0.29) is 30.7 Å². The van der Waals surface area contributed by atoms with Gasteiger partial charge in [0.2, 0.25) is 0 Å². The molecule has 5 heteroatoms. The molecule has 3 nitrogen and oxygen atoms in total. The van der Waals surface area contributed by atoms with Crippen molar-refractivity contribution in [3.63, 3.8) is 0 Å². The first-order valence-electron chi connectivity index (χ1n) is 4.71. The summed E-state index contributed by atoms with van der Waals surface area (Å²) in [5, 5.41) is 0. The van der Waals surface area contributed by atoms with E-state index in [0.717, 1.165) is 0 Å². The normalized spacial score (nSPS) is 31.8. The van der Waals surface area contributed by atoms with E-state index in [1.165, 1.54) is 0 Å². The number of alkyl halides is 1. The maximum absolute atomic E-state index is 13.1. The molecular formula is C9H17ClFNO2. The number of ether oxygens (including phenoxy) is 1. The molecule has 0 spiro atoms. The predicted molar refractivity (Wildman–Crippen MR) is 54.1 cm³/mol. The lowest BCUT2D eigenvalue weighted by atomic mass is 9.85. The van der Waals surface area contributed by atoms with E-state index in [0.29, 0.717) is 19.4 Å². The van der Waals surface area contributed by atoms with Crippen LogP contribution in [0.1, 0.15) is 26.2 Å². The van der Waals surface area contributed by atoms with Gasteiger partial charge in [-0.25, -0.2) is 4.39 Å². The summed E-state index contributed by atoms with van der Waals surface area (Å²) in [5.74, 6) is -0.563. The molecular weight excluding hydrogens is 209 g/mol. The molecule has 3 atom stereocenters. The lowest BCUT2D eigenvalue weighted by Gasteiger charge is -2.27. The van der Waals surface area contributed by atoms with Gasteiger partial charge in [0.1, 0.15) is 6.17 Å². The largest absolute Gasteiger partial charge is 0.466 e. The second-order valence-electron chi connectivity index (χ2n) is 3.44. The molecule has 0 aliphatic heterocycles. The topological polar surface area (TPSA) is 52.3 Å². The van der Waals surface area contributed by atoms with Gasteiger partial charge < -0.3 is 10.5 Å². The van der Waals surface area contributed by atoms with Gasteiger partial charge in [-0.2, -0.15) is 0 Å². The summed E-state index contributed by atoms with van der Waals surface area (Å²) < 4.78 is 17.9. The van der Waals surface area contributed by atoms with Gasteiger partial charge in [-0.1, -0.05) is 0 Å². The Hall–Kier alpha value is -0.350. The lowest BCUT2D eigenvalue weighted by Crippen LogP contribution is -2.40. The fourth-order valence-corrected chi connectivity index (χ4v) is 1.61. The van der Waals surface area contributed by atoms with Crippen molar-refractivity contribution in [1.29, 1.82) is 0 Å². The second kappa shape index (κ2) is 6.19. The molecule has 0 bridgehead atoms. The van der Waals surface area contributed by atoms with Crippen LogP contribution in [0.4, 0.5) is 4.39 Å². The monoisotopic (exact) mass is 225 g/mol. The molecule has 0 radical (unpaired) electrons. The summed E-state index contributed by atoms with van der Waals surface area (Å²) in [6.07, 6.45) is 0.397. The standard InChI is InChI=1S/C9H16FNO2.ClH/c1-2-13-9(12)6-3-4-8(11)7(10)5-6;/h6-8H,2-5,11H2,1H3;1H/t6-,7+,8-;/m0./s1. The summed E-state index contributed by atoms with van der Waals surface area (Å²) in [5.41, 5.74) is 5.49. The highest BCUT2D eigenvalue weighted by Crippen LogP contribution is 2.26. The van der Waals surface area contributed by atoms with Crippen molar-refractivity contribution in [3.05, 3.63) is 0 Å². The van der Waals surface area contributed by atoms with Crippen LogP contribution in [0.15, 0.2) is 0 Å². The second-order valence-corrected chi connectivity index (χ2v) is 3.44. The summed E-state index contributed by atoms with van der Waals surface area (Å²) in [6.45, 7) is 2.11. The van der Waals surface area contributed by atoms with Crippen LogP contribution in [0.3, 0.4) is 0 Å². The van der Waals surface area contributed by atoms with E-state index >= 15 is 0 Å². The highest BCUT2D eigenvalue weighted by molar-refractivity contribution is 5.85. The molecule has 0 aromatic carbocycles. The maximum atomic E-state index is 13.1. The first-order valence-corrected chi connectivity index (χ1v) is 4.71. The van der Waals surface area contributed by atoms with Gasteiger partial charge in [-0.05, 0) is 26.2 Å². The summed E-state index contributed by atoms with van der Waals surface area (Å²) in [4.78, 5) is 11.2. The van der Waals surface area contributed by atoms with E-state index in [2.05, 4.69) is 0 Å². The van der Waals surface area contributed by atoms with Crippen LogP contribution >= 0.6 is 12.4 Å². The number of rotatable bonds is 2. The minimum atomic E-state index is -1.05. The zero-order chi connectivity index (χ0) is 9.84. The molecule has 0 heterocycles. The fourth-order valence-electron chi connectivity index (χ4n) is 1.61. The molecule has 2 N–H and O–H groups in total. The van der Waals surface area contributed by atoms with Crippen molar-refractivity contribution >= 4 is 18.4 Å². The van der Waals surface area contributed by atoms with Crippen LogP contribution in [-0.4, -0.2) is 24.8 Å². The third-order valence-corrected chi connectivity index (χ3v) is 2.44. The van der Waals surface area contributed by atoms with Crippen molar-refractivity contribution in [2.24, 2.45) is 11.7 Å².